The van der Waals surface area contributed by atoms with Crippen LogP contribution in [0.5, 0.6) is 0 Å². The van der Waals surface area contributed by atoms with Crippen molar-refractivity contribution in [2.24, 2.45) is 0 Å². The van der Waals surface area contributed by atoms with Gasteiger partial charge in [0.15, 0.2) is 5.82 Å². The minimum Gasteiger partial charge on any atom is -0.355 e. The Labute approximate surface area is 152 Å². The van der Waals surface area contributed by atoms with Crippen LogP contribution in [0.4, 0.5) is 11.8 Å². The van der Waals surface area contributed by atoms with Gasteiger partial charge in [0.1, 0.15) is 0 Å². The molecule has 0 aliphatic rings. The summed E-state index contributed by atoms with van der Waals surface area (Å²) in [6, 6.07) is 13.5. The van der Waals surface area contributed by atoms with E-state index < -0.39 is 0 Å². The van der Waals surface area contributed by atoms with E-state index in [9.17, 15) is 0 Å². The van der Waals surface area contributed by atoms with Crippen LogP contribution in [0.1, 0.15) is 0 Å². The van der Waals surface area contributed by atoms with E-state index in [4.69, 9.17) is 11.6 Å². The van der Waals surface area contributed by atoms with Crippen LogP contribution in [0.15, 0.2) is 54.9 Å². The summed E-state index contributed by atoms with van der Waals surface area (Å²) in [5.74, 6) is 1.34. The van der Waals surface area contributed by atoms with Gasteiger partial charge in [0.2, 0.25) is 5.95 Å². The van der Waals surface area contributed by atoms with E-state index >= 15 is 0 Å². The first-order chi connectivity index (χ1) is 12.1. The van der Waals surface area contributed by atoms with Crippen molar-refractivity contribution in [3.05, 3.63) is 59.9 Å². The van der Waals surface area contributed by atoms with Crippen molar-refractivity contribution in [1.29, 1.82) is 0 Å². The molecule has 2 heterocycles. The van der Waals surface area contributed by atoms with Crippen molar-refractivity contribution >= 4 is 23.4 Å². The van der Waals surface area contributed by atoms with Crippen LogP contribution >= 0.6 is 11.6 Å². The SMILES string of the molecule is CN(CCN(C)c1nnc(-c2ccccc2)cc1Cl)c1ncccn1. The van der Waals surface area contributed by atoms with Crippen LogP contribution in [0.25, 0.3) is 11.3 Å². The summed E-state index contributed by atoms with van der Waals surface area (Å²) in [6.45, 7) is 1.45. The first kappa shape index (κ1) is 17.1. The highest BCUT2D eigenvalue weighted by Crippen LogP contribution is 2.26. The number of anilines is 2. The van der Waals surface area contributed by atoms with Gasteiger partial charge in [-0.25, -0.2) is 9.97 Å². The van der Waals surface area contributed by atoms with E-state index in [0.717, 1.165) is 17.8 Å². The molecule has 7 heteroatoms. The number of hydrogen-bond donors (Lipinski definition) is 0. The predicted octanol–water partition coefficient (Wildman–Crippen LogP) is 3.16. The average Bonchev–Trinajstić information content (AvgIpc) is 2.67. The normalized spacial score (nSPS) is 10.5. The van der Waals surface area contributed by atoms with Gasteiger partial charge in [-0.05, 0) is 12.1 Å². The highest BCUT2D eigenvalue weighted by Gasteiger charge is 2.12. The van der Waals surface area contributed by atoms with E-state index in [2.05, 4.69) is 20.2 Å². The summed E-state index contributed by atoms with van der Waals surface area (Å²) >= 11 is 6.42. The van der Waals surface area contributed by atoms with E-state index in [1.54, 1.807) is 18.5 Å². The van der Waals surface area contributed by atoms with Crippen molar-refractivity contribution in [1.82, 2.24) is 20.2 Å². The molecule has 0 radical (unpaired) electrons. The molecule has 0 fully saturated rings. The van der Waals surface area contributed by atoms with E-state index in [1.165, 1.54) is 0 Å². The van der Waals surface area contributed by atoms with Gasteiger partial charge in [-0.3, -0.25) is 0 Å². The second-order valence-electron chi connectivity index (χ2n) is 5.66. The Morgan fingerprint density at radius 2 is 1.56 bits per heavy atom. The molecule has 128 valence electrons. The largest absolute Gasteiger partial charge is 0.355 e. The third-order valence-electron chi connectivity index (χ3n) is 3.83. The molecular weight excluding hydrogens is 336 g/mol. The fourth-order valence-electron chi connectivity index (χ4n) is 2.37. The Kier molecular flexibility index (Phi) is 5.40. The molecule has 0 aliphatic heterocycles. The van der Waals surface area contributed by atoms with E-state index in [1.807, 2.05) is 60.3 Å². The molecule has 3 rings (SSSR count). The first-order valence-corrected chi connectivity index (χ1v) is 8.31. The van der Waals surface area contributed by atoms with Gasteiger partial charge in [0, 0.05) is 45.1 Å². The molecule has 0 N–H and O–H groups in total. The van der Waals surface area contributed by atoms with Gasteiger partial charge in [0.25, 0.3) is 0 Å². The van der Waals surface area contributed by atoms with Crippen molar-refractivity contribution in [3.8, 4) is 11.3 Å². The zero-order chi connectivity index (χ0) is 17.6. The lowest BCUT2D eigenvalue weighted by Gasteiger charge is -2.23. The van der Waals surface area contributed by atoms with E-state index in [-0.39, 0.29) is 0 Å². The molecule has 25 heavy (non-hydrogen) atoms. The molecular formula is C18H19ClN6. The maximum Gasteiger partial charge on any atom is 0.225 e. The number of likely N-dealkylation sites (N-methyl/N-ethyl adjacent to an activating group) is 2. The molecule has 0 unspecified atom stereocenters. The lowest BCUT2D eigenvalue weighted by molar-refractivity contribution is 0.792. The molecule has 0 aliphatic carbocycles. The predicted molar refractivity (Wildman–Crippen MR) is 101 cm³/mol. The maximum atomic E-state index is 6.42. The Hall–Kier alpha value is -2.73. The van der Waals surface area contributed by atoms with Crippen molar-refractivity contribution in [2.45, 2.75) is 0 Å². The van der Waals surface area contributed by atoms with Gasteiger partial charge in [-0.1, -0.05) is 41.9 Å². The van der Waals surface area contributed by atoms with Gasteiger partial charge in [-0.2, -0.15) is 0 Å². The van der Waals surface area contributed by atoms with Crippen LogP contribution in [0, 0.1) is 0 Å². The number of hydrogen-bond acceptors (Lipinski definition) is 6. The third-order valence-corrected chi connectivity index (χ3v) is 4.10. The Morgan fingerprint density at radius 1 is 0.880 bits per heavy atom. The Morgan fingerprint density at radius 3 is 2.24 bits per heavy atom. The third kappa shape index (κ3) is 4.22. The second kappa shape index (κ2) is 7.90. The van der Waals surface area contributed by atoms with Crippen molar-refractivity contribution in [2.75, 3.05) is 37.0 Å². The molecule has 3 aromatic rings. The molecule has 0 bridgehead atoms. The van der Waals surface area contributed by atoms with Gasteiger partial charge < -0.3 is 9.80 Å². The monoisotopic (exact) mass is 354 g/mol. The Balaban J connectivity index is 1.67. The van der Waals surface area contributed by atoms with Gasteiger partial charge in [-0.15, -0.1) is 10.2 Å². The zero-order valence-corrected chi connectivity index (χ0v) is 14.9. The average molecular weight is 355 g/mol. The summed E-state index contributed by atoms with van der Waals surface area (Å²) in [5.41, 5.74) is 1.75. The molecule has 0 saturated carbocycles. The molecule has 0 amide bonds. The smallest absolute Gasteiger partial charge is 0.225 e. The molecule has 0 spiro atoms. The lowest BCUT2D eigenvalue weighted by Crippen LogP contribution is -2.32. The number of rotatable bonds is 6. The van der Waals surface area contributed by atoms with Crippen molar-refractivity contribution in [3.63, 3.8) is 0 Å². The number of aromatic nitrogens is 4. The molecule has 0 atom stereocenters. The minimum atomic E-state index is 0.579. The molecule has 2 aromatic heterocycles. The summed E-state index contributed by atoms with van der Waals surface area (Å²) in [7, 11) is 3.90. The zero-order valence-electron chi connectivity index (χ0n) is 14.2. The molecule has 1 aromatic carbocycles. The maximum absolute atomic E-state index is 6.42. The van der Waals surface area contributed by atoms with Crippen LogP contribution < -0.4 is 9.80 Å². The second-order valence-corrected chi connectivity index (χ2v) is 6.07. The highest BCUT2D eigenvalue weighted by atomic mass is 35.5. The van der Waals surface area contributed by atoms with Gasteiger partial charge in [0.05, 0.1) is 10.7 Å². The van der Waals surface area contributed by atoms with Crippen LogP contribution in [-0.4, -0.2) is 47.4 Å². The highest BCUT2D eigenvalue weighted by molar-refractivity contribution is 6.33. The fraction of sp³-hybridized carbons (Fsp3) is 0.222. The number of nitrogens with zero attached hydrogens (tertiary/aromatic N) is 6. The van der Waals surface area contributed by atoms with Crippen LogP contribution in [-0.2, 0) is 0 Å². The minimum absolute atomic E-state index is 0.579. The summed E-state index contributed by atoms with van der Waals surface area (Å²) < 4.78 is 0. The van der Waals surface area contributed by atoms with Crippen molar-refractivity contribution < 1.29 is 0 Å². The topological polar surface area (TPSA) is 58.0 Å². The van der Waals surface area contributed by atoms with Gasteiger partial charge >= 0.3 is 0 Å². The number of halogens is 1. The first-order valence-electron chi connectivity index (χ1n) is 7.93. The van der Waals surface area contributed by atoms with E-state index in [0.29, 0.717) is 23.3 Å². The summed E-state index contributed by atoms with van der Waals surface area (Å²) in [5, 5.41) is 9.18. The standard InChI is InChI=1S/C18H19ClN6/c1-24(11-12-25(2)18-20-9-6-10-21-18)17-15(19)13-16(22-23-17)14-7-4-3-5-8-14/h3-10,13H,11-12H2,1-2H3. The molecule has 6 nitrogen and oxygen atoms in total. The van der Waals surface area contributed by atoms with Crippen LogP contribution in [0.2, 0.25) is 5.02 Å². The molecule has 0 saturated heterocycles. The summed E-state index contributed by atoms with van der Waals surface area (Å²) in [6.07, 6.45) is 3.46. The number of benzene rings is 1. The quantitative estimate of drug-likeness (QED) is 0.677. The fourth-order valence-corrected chi connectivity index (χ4v) is 2.65. The summed E-state index contributed by atoms with van der Waals surface area (Å²) in [4.78, 5) is 12.4. The van der Waals surface area contributed by atoms with Crippen LogP contribution in [0.3, 0.4) is 0 Å². The lowest BCUT2D eigenvalue weighted by atomic mass is 10.1. The Bertz CT molecular complexity index is 812.